The number of benzene rings is 3. The molecule has 7 nitrogen and oxygen atoms in total. The molecule has 41 heavy (non-hydrogen) atoms. The molecule has 3 aromatic carbocycles. The molecule has 2 aromatic heterocycles. The lowest BCUT2D eigenvalue weighted by Gasteiger charge is -2.34. The molecule has 1 aliphatic heterocycles. The highest BCUT2D eigenvalue weighted by atomic mass is 16.5. The van der Waals surface area contributed by atoms with Crippen molar-refractivity contribution in [3.63, 3.8) is 0 Å². The van der Waals surface area contributed by atoms with E-state index >= 15 is 0 Å². The second kappa shape index (κ2) is 12.5. The van der Waals surface area contributed by atoms with E-state index in [1.165, 1.54) is 16.7 Å². The number of ether oxygens (including phenoxy) is 1. The van der Waals surface area contributed by atoms with E-state index in [0.29, 0.717) is 12.1 Å². The zero-order valence-corrected chi connectivity index (χ0v) is 23.2. The molecule has 0 bridgehead atoms. The molecule has 0 amide bonds. The maximum absolute atomic E-state index is 11.7. The fourth-order valence-corrected chi connectivity index (χ4v) is 5.92. The number of fused-ring (bicyclic) bond motifs is 1. The number of likely N-dealkylation sites (tertiary alicyclic amines) is 1. The van der Waals surface area contributed by atoms with E-state index < -0.39 is 5.97 Å². The molecule has 0 saturated carbocycles. The molecule has 210 valence electrons. The highest BCUT2D eigenvalue weighted by Crippen LogP contribution is 2.30. The Balaban J connectivity index is 1.07. The average molecular weight is 549 g/mol. The van der Waals surface area contributed by atoms with Crippen LogP contribution in [0.2, 0.25) is 0 Å². The lowest BCUT2D eigenvalue weighted by Crippen LogP contribution is -2.38. The van der Waals surface area contributed by atoms with E-state index in [0.717, 1.165) is 56.3 Å². The summed E-state index contributed by atoms with van der Waals surface area (Å²) in [6.07, 6.45) is 10.9. The normalized spacial score (nSPS) is 14.7. The van der Waals surface area contributed by atoms with Crippen molar-refractivity contribution in [3.8, 4) is 0 Å². The van der Waals surface area contributed by atoms with Gasteiger partial charge in [0.15, 0.2) is 0 Å². The van der Waals surface area contributed by atoms with Crippen LogP contribution in [0, 0.1) is 0 Å². The molecule has 1 N–H and O–H groups in total. The average Bonchev–Trinajstić information content (AvgIpc) is 3.65. The van der Waals surface area contributed by atoms with Crippen molar-refractivity contribution < 1.29 is 14.6 Å². The fraction of sp³-hybridized carbons (Fsp3) is 0.294. The molecule has 1 fully saturated rings. The van der Waals surface area contributed by atoms with E-state index in [-0.39, 0.29) is 12.2 Å². The number of rotatable bonds is 11. The molecule has 0 spiro atoms. The first-order chi connectivity index (χ1) is 20.1. The van der Waals surface area contributed by atoms with Crippen LogP contribution >= 0.6 is 0 Å². The third-order valence-electron chi connectivity index (χ3n) is 8.06. The van der Waals surface area contributed by atoms with Crippen molar-refractivity contribution in [3.05, 3.63) is 126 Å². The number of hydrogen-bond donors (Lipinski definition) is 1. The minimum atomic E-state index is -0.900. The van der Waals surface area contributed by atoms with Gasteiger partial charge in [-0.25, -0.2) is 9.78 Å². The predicted molar refractivity (Wildman–Crippen MR) is 160 cm³/mol. The molecule has 0 unspecified atom stereocenters. The van der Waals surface area contributed by atoms with E-state index in [4.69, 9.17) is 4.74 Å². The molecular formula is C34H36N4O3. The lowest BCUT2D eigenvalue weighted by molar-refractivity contribution is -0.0271. The quantitative estimate of drug-likeness (QED) is 0.211. The Hall–Kier alpha value is -4.20. The maximum atomic E-state index is 11.7. The Morgan fingerprint density at radius 3 is 2.29 bits per heavy atom. The number of hydrogen-bond acceptors (Lipinski definition) is 4. The van der Waals surface area contributed by atoms with Crippen molar-refractivity contribution in [1.29, 1.82) is 0 Å². The second-order valence-electron chi connectivity index (χ2n) is 10.9. The standard InChI is InChI=1S/C34H36N4O3/c39-34(40)28-12-13-31-29(23-37-21-16-35-25-37)24-38(32(31)22-28)18-7-17-36-19-14-30(15-20-36)41-33(26-8-3-1-4-9-26)27-10-5-2-6-11-27/h1-6,8-13,16,21-22,24-25,30,33H,7,14-15,17-20,23H2,(H,39,40). The fourth-order valence-electron chi connectivity index (χ4n) is 5.92. The van der Waals surface area contributed by atoms with E-state index in [1.807, 2.05) is 35.3 Å². The largest absolute Gasteiger partial charge is 0.478 e. The lowest BCUT2D eigenvalue weighted by atomic mass is 10.00. The summed E-state index contributed by atoms with van der Waals surface area (Å²) in [7, 11) is 0. The topological polar surface area (TPSA) is 72.5 Å². The van der Waals surface area contributed by atoms with Gasteiger partial charge >= 0.3 is 5.97 Å². The first-order valence-electron chi connectivity index (χ1n) is 14.4. The Bertz CT molecular complexity index is 1520. The van der Waals surface area contributed by atoms with E-state index in [2.05, 4.69) is 69.2 Å². The minimum absolute atomic E-state index is 0.0526. The van der Waals surface area contributed by atoms with E-state index in [1.54, 1.807) is 18.3 Å². The number of aromatic nitrogens is 3. The molecule has 7 heteroatoms. The zero-order valence-electron chi connectivity index (χ0n) is 23.2. The summed E-state index contributed by atoms with van der Waals surface area (Å²) in [5.74, 6) is -0.900. The van der Waals surface area contributed by atoms with Gasteiger partial charge in [-0.05, 0) is 54.6 Å². The summed E-state index contributed by atoms with van der Waals surface area (Å²) in [6, 6.07) is 26.4. The van der Waals surface area contributed by atoms with E-state index in [9.17, 15) is 9.90 Å². The molecule has 1 saturated heterocycles. The van der Waals surface area contributed by atoms with Crippen molar-refractivity contribution in [2.45, 2.75) is 44.6 Å². The summed E-state index contributed by atoms with van der Waals surface area (Å²) in [5.41, 5.74) is 4.84. The highest BCUT2D eigenvalue weighted by Gasteiger charge is 2.24. The van der Waals surface area contributed by atoms with Crippen LogP contribution in [-0.4, -0.2) is 55.8 Å². The van der Waals surface area contributed by atoms with Gasteiger partial charge in [-0.1, -0.05) is 66.7 Å². The summed E-state index contributed by atoms with van der Waals surface area (Å²) in [6.45, 7) is 4.58. The number of carbonyl (C=O) groups is 1. The maximum Gasteiger partial charge on any atom is 0.335 e. The Morgan fingerprint density at radius 1 is 0.951 bits per heavy atom. The predicted octanol–water partition coefficient (Wildman–Crippen LogP) is 6.25. The van der Waals surface area contributed by atoms with Crippen molar-refractivity contribution >= 4 is 16.9 Å². The molecule has 5 aromatic rings. The third-order valence-corrected chi connectivity index (χ3v) is 8.06. The molecule has 0 radical (unpaired) electrons. The Kier molecular flexibility index (Phi) is 8.26. The number of nitrogens with zero attached hydrogens (tertiary/aromatic N) is 4. The number of piperidine rings is 1. The Morgan fingerprint density at radius 2 is 1.66 bits per heavy atom. The SMILES string of the molecule is O=C(O)c1ccc2c(Cn3ccnc3)cn(CCCN3CCC(OC(c4ccccc4)c4ccccc4)CC3)c2c1. The van der Waals surface area contributed by atoms with Crippen LogP contribution in [0.1, 0.15) is 52.4 Å². The van der Waals surface area contributed by atoms with Gasteiger partial charge in [-0.15, -0.1) is 0 Å². The number of aromatic carboxylic acids is 1. The third kappa shape index (κ3) is 6.42. The van der Waals surface area contributed by atoms with Gasteiger partial charge in [-0.2, -0.15) is 0 Å². The van der Waals surface area contributed by atoms with Crippen molar-refractivity contribution in [2.24, 2.45) is 0 Å². The van der Waals surface area contributed by atoms with Crippen molar-refractivity contribution in [1.82, 2.24) is 19.0 Å². The molecule has 3 heterocycles. The van der Waals surface area contributed by atoms with Crippen LogP contribution in [-0.2, 0) is 17.8 Å². The second-order valence-corrected chi connectivity index (χ2v) is 10.9. The number of carboxylic acid groups (broad SMARTS) is 1. The van der Waals surface area contributed by atoms with Crippen LogP contribution in [0.3, 0.4) is 0 Å². The number of aryl methyl sites for hydroxylation is 1. The zero-order chi connectivity index (χ0) is 28.0. The molecule has 0 atom stereocenters. The summed E-state index contributed by atoms with van der Waals surface area (Å²) in [4.78, 5) is 18.3. The van der Waals surface area contributed by atoms with Gasteiger partial charge in [0.05, 0.1) is 24.5 Å². The van der Waals surface area contributed by atoms with Crippen LogP contribution in [0.5, 0.6) is 0 Å². The van der Waals surface area contributed by atoms with Crippen molar-refractivity contribution in [2.75, 3.05) is 19.6 Å². The molecule has 0 aliphatic carbocycles. The number of carboxylic acids is 1. The summed E-state index contributed by atoms with van der Waals surface area (Å²) < 4.78 is 11.0. The molecule has 6 rings (SSSR count). The smallest absolute Gasteiger partial charge is 0.335 e. The number of imidazole rings is 1. The van der Waals surface area contributed by atoms with Crippen LogP contribution in [0.15, 0.2) is 104 Å². The van der Waals surface area contributed by atoms with Gasteiger partial charge in [0.25, 0.3) is 0 Å². The van der Waals surface area contributed by atoms with Gasteiger partial charge in [0.2, 0.25) is 0 Å². The summed E-state index contributed by atoms with van der Waals surface area (Å²) in [5, 5.41) is 10.7. The van der Waals surface area contributed by atoms with Gasteiger partial charge in [-0.3, -0.25) is 0 Å². The van der Waals surface area contributed by atoms with Crippen LogP contribution < -0.4 is 0 Å². The molecule has 1 aliphatic rings. The van der Waals surface area contributed by atoms with Gasteiger partial charge in [0, 0.05) is 49.1 Å². The van der Waals surface area contributed by atoms with Crippen LogP contribution in [0.4, 0.5) is 0 Å². The van der Waals surface area contributed by atoms with Gasteiger partial charge in [0.1, 0.15) is 6.10 Å². The first kappa shape index (κ1) is 27.0. The highest BCUT2D eigenvalue weighted by molar-refractivity contribution is 5.94. The minimum Gasteiger partial charge on any atom is -0.478 e. The first-order valence-corrected chi connectivity index (χ1v) is 14.4. The van der Waals surface area contributed by atoms with Crippen LogP contribution in [0.25, 0.3) is 10.9 Å². The van der Waals surface area contributed by atoms with Gasteiger partial charge < -0.3 is 23.9 Å². The summed E-state index contributed by atoms with van der Waals surface area (Å²) >= 11 is 0. The molecular weight excluding hydrogens is 512 g/mol. The monoisotopic (exact) mass is 548 g/mol. The Labute approximate surface area is 240 Å².